The number of aromatic nitrogens is 2. The van der Waals surface area contributed by atoms with E-state index in [-0.39, 0.29) is 0 Å². The van der Waals surface area contributed by atoms with Gasteiger partial charge in [0, 0.05) is 32.1 Å². The van der Waals surface area contributed by atoms with Crippen molar-refractivity contribution in [3.05, 3.63) is 34.1 Å². The summed E-state index contributed by atoms with van der Waals surface area (Å²) in [6.45, 7) is 4.53. The number of nitrogens with zero attached hydrogens (tertiary/aromatic N) is 3. The predicted octanol–water partition coefficient (Wildman–Crippen LogP) is 2.79. The van der Waals surface area contributed by atoms with Crippen LogP contribution in [0.2, 0.25) is 5.15 Å². The Labute approximate surface area is 145 Å². The molecule has 0 fully saturated rings. The highest BCUT2D eigenvalue weighted by Crippen LogP contribution is 2.21. The van der Waals surface area contributed by atoms with E-state index in [0.717, 1.165) is 5.56 Å². The Hall–Kier alpha value is -1.22. The highest BCUT2D eigenvalue weighted by atomic mass is 35.5. The van der Waals surface area contributed by atoms with E-state index in [1.807, 2.05) is 13.8 Å². The minimum atomic E-state index is -3.43. The van der Waals surface area contributed by atoms with Gasteiger partial charge in [-0.2, -0.15) is 4.31 Å². The third-order valence-corrected chi connectivity index (χ3v) is 6.93. The molecule has 0 aliphatic carbocycles. The number of hydrogen-bond donors (Lipinski definition) is 1. The first-order valence-electron chi connectivity index (χ1n) is 7.13. The van der Waals surface area contributed by atoms with E-state index < -0.39 is 10.0 Å². The van der Waals surface area contributed by atoms with Crippen molar-refractivity contribution in [3.63, 3.8) is 0 Å². The summed E-state index contributed by atoms with van der Waals surface area (Å²) in [5.41, 5.74) is 0.757. The maximum Gasteiger partial charge on any atom is 0.252 e. The molecule has 0 radical (unpaired) electrons. The molecule has 0 aliphatic heterocycles. The number of hydrogen-bond acceptors (Lipinski definition) is 6. The van der Waals surface area contributed by atoms with Crippen LogP contribution in [0, 0.1) is 6.92 Å². The highest BCUT2D eigenvalue weighted by molar-refractivity contribution is 7.91. The zero-order valence-corrected chi connectivity index (χ0v) is 15.6. The molecule has 2 rings (SSSR count). The molecule has 0 atom stereocenters. The van der Waals surface area contributed by atoms with E-state index in [1.54, 1.807) is 24.6 Å². The van der Waals surface area contributed by atoms with Gasteiger partial charge in [-0.05, 0) is 18.4 Å². The highest BCUT2D eigenvalue weighted by Gasteiger charge is 2.21. The van der Waals surface area contributed by atoms with Crippen molar-refractivity contribution in [2.24, 2.45) is 0 Å². The molecule has 2 aromatic rings. The number of aryl methyl sites for hydroxylation is 1. The largest absolute Gasteiger partial charge is 0.368 e. The van der Waals surface area contributed by atoms with Crippen LogP contribution in [0.4, 0.5) is 5.82 Å². The van der Waals surface area contributed by atoms with Gasteiger partial charge in [0.25, 0.3) is 10.0 Å². The molecule has 0 aromatic carbocycles. The molecule has 9 heteroatoms. The van der Waals surface area contributed by atoms with Crippen molar-refractivity contribution in [1.29, 1.82) is 0 Å². The van der Waals surface area contributed by atoms with Crippen LogP contribution < -0.4 is 5.32 Å². The first-order valence-corrected chi connectivity index (χ1v) is 9.82. The van der Waals surface area contributed by atoms with E-state index >= 15 is 0 Å². The molecule has 0 aliphatic rings. The Bertz CT molecular complexity index is 763. The number of nitrogens with one attached hydrogen (secondary N) is 1. The van der Waals surface area contributed by atoms with Crippen LogP contribution >= 0.6 is 22.9 Å². The Morgan fingerprint density at radius 2 is 2.13 bits per heavy atom. The minimum Gasteiger partial charge on any atom is -0.368 e. The zero-order chi connectivity index (χ0) is 17.0. The van der Waals surface area contributed by atoms with E-state index in [2.05, 4.69) is 15.3 Å². The van der Waals surface area contributed by atoms with E-state index in [9.17, 15) is 8.42 Å². The molecule has 2 heterocycles. The molecule has 0 saturated heterocycles. The molecule has 1 N–H and O–H groups in total. The Kier molecular flexibility index (Phi) is 5.96. The molecular formula is C14H19ClN4O2S2. The summed E-state index contributed by atoms with van der Waals surface area (Å²) in [5, 5.41) is 5.30. The molecule has 2 aromatic heterocycles. The molecule has 0 amide bonds. The lowest BCUT2D eigenvalue weighted by Gasteiger charge is -2.17. The molecule has 0 saturated carbocycles. The van der Waals surface area contributed by atoms with Crippen molar-refractivity contribution < 1.29 is 8.42 Å². The van der Waals surface area contributed by atoms with Gasteiger partial charge in [0.05, 0.1) is 0 Å². The summed E-state index contributed by atoms with van der Waals surface area (Å²) in [7, 11) is -1.86. The Morgan fingerprint density at radius 1 is 1.39 bits per heavy atom. The predicted molar refractivity (Wildman–Crippen MR) is 93.8 cm³/mol. The van der Waals surface area contributed by atoms with Crippen LogP contribution in [0.3, 0.4) is 0 Å². The van der Waals surface area contributed by atoms with Crippen LogP contribution in [0.1, 0.15) is 18.3 Å². The molecule has 0 spiro atoms. The van der Waals surface area contributed by atoms with Crippen molar-refractivity contribution in [1.82, 2.24) is 14.3 Å². The van der Waals surface area contributed by atoms with E-state index in [0.29, 0.717) is 40.5 Å². The van der Waals surface area contributed by atoms with Crippen LogP contribution in [0.15, 0.2) is 21.7 Å². The smallest absolute Gasteiger partial charge is 0.252 e. The Balaban J connectivity index is 2.01. The van der Waals surface area contributed by atoms with Gasteiger partial charge in [-0.15, -0.1) is 11.3 Å². The van der Waals surface area contributed by atoms with E-state index in [1.165, 1.54) is 15.6 Å². The summed E-state index contributed by atoms with van der Waals surface area (Å²) in [6, 6.07) is 3.33. The standard InChI is InChI=1S/C14H19ClN4O2S2/c1-4-11-17-13(15)10(2)14(18-11)16-7-8-19(3)23(20,21)12-6-5-9-22-12/h5-6,9H,4,7-8H2,1-3H3,(H,16,17,18). The summed E-state index contributed by atoms with van der Waals surface area (Å²) >= 11 is 7.29. The monoisotopic (exact) mass is 374 g/mol. The molecule has 0 bridgehead atoms. The average molecular weight is 375 g/mol. The number of likely N-dealkylation sites (N-methyl/N-ethyl adjacent to an activating group) is 1. The Morgan fingerprint density at radius 3 is 2.74 bits per heavy atom. The lowest BCUT2D eigenvalue weighted by Crippen LogP contribution is -2.31. The minimum absolute atomic E-state index is 0.322. The van der Waals surface area contributed by atoms with Gasteiger partial charge in [-0.1, -0.05) is 24.6 Å². The molecule has 6 nitrogen and oxygen atoms in total. The lowest BCUT2D eigenvalue weighted by molar-refractivity contribution is 0.482. The van der Waals surface area contributed by atoms with Gasteiger partial charge < -0.3 is 5.32 Å². The SMILES string of the molecule is CCc1nc(Cl)c(C)c(NCCN(C)S(=O)(=O)c2cccs2)n1. The van der Waals surface area contributed by atoms with Gasteiger partial charge in [0.2, 0.25) is 0 Å². The second kappa shape index (κ2) is 7.57. The van der Waals surface area contributed by atoms with Crippen LogP contribution in [-0.4, -0.2) is 42.8 Å². The van der Waals surface area contributed by atoms with Crippen LogP contribution in [0.5, 0.6) is 0 Å². The second-order valence-electron chi connectivity index (χ2n) is 4.94. The van der Waals surface area contributed by atoms with Crippen molar-refractivity contribution in [3.8, 4) is 0 Å². The number of sulfonamides is 1. The topological polar surface area (TPSA) is 75.2 Å². The zero-order valence-electron chi connectivity index (χ0n) is 13.2. The van der Waals surface area contributed by atoms with Gasteiger partial charge in [-0.25, -0.2) is 18.4 Å². The number of halogens is 1. The van der Waals surface area contributed by atoms with Crippen LogP contribution in [-0.2, 0) is 16.4 Å². The quantitative estimate of drug-likeness (QED) is 0.754. The normalized spacial score (nSPS) is 11.9. The molecule has 126 valence electrons. The van der Waals surface area contributed by atoms with Crippen molar-refractivity contribution in [2.45, 2.75) is 24.5 Å². The molecule has 0 unspecified atom stereocenters. The number of rotatable bonds is 7. The summed E-state index contributed by atoms with van der Waals surface area (Å²) in [5.74, 6) is 1.30. The fourth-order valence-electron chi connectivity index (χ4n) is 1.88. The average Bonchev–Trinajstić information content (AvgIpc) is 3.06. The van der Waals surface area contributed by atoms with Gasteiger partial charge in [0.1, 0.15) is 21.0 Å². The fraction of sp³-hybridized carbons (Fsp3) is 0.429. The summed E-state index contributed by atoms with van der Waals surface area (Å²) < 4.78 is 26.3. The first-order chi connectivity index (χ1) is 10.9. The number of anilines is 1. The van der Waals surface area contributed by atoms with Gasteiger partial charge in [0.15, 0.2) is 0 Å². The molecule has 23 heavy (non-hydrogen) atoms. The maximum atomic E-state index is 12.3. The van der Waals surface area contributed by atoms with Crippen molar-refractivity contribution in [2.75, 3.05) is 25.5 Å². The van der Waals surface area contributed by atoms with E-state index in [4.69, 9.17) is 11.6 Å². The summed E-state index contributed by atoms with van der Waals surface area (Å²) in [4.78, 5) is 8.57. The first kappa shape index (κ1) is 18.1. The van der Waals surface area contributed by atoms with Crippen molar-refractivity contribution >= 4 is 38.8 Å². The fourth-order valence-corrected chi connectivity index (χ4v) is 4.44. The number of thiophene rings is 1. The third-order valence-electron chi connectivity index (χ3n) is 3.33. The van der Waals surface area contributed by atoms with Gasteiger partial charge in [-0.3, -0.25) is 0 Å². The molecular weight excluding hydrogens is 356 g/mol. The van der Waals surface area contributed by atoms with Crippen LogP contribution in [0.25, 0.3) is 0 Å². The van der Waals surface area contributed by atoms with Gasteiger partial charge >= 0.3 is 0 Å². The summed E-state index contributed by atoms with van der Waals surface area (Å²) in [6.07, 6.45) is 0.682. The third kappa shape index (κ3) is 4.20. The maximum absolute atomic E-state index is 12.3. The second-order valence-corrected chi connectivity index (χ2v) is 8.52. The lowest BCUT2D eigenvalue weighted by atomic mass is 10.3.